The second-order valence-corrected chi connectivity index (χ2v) is 3.23. The van der Waals surface area contributed by atoms with Gasteiger partial charge in [0, 0.05) is 0 Å². The zero-order chi connectivity index (χ0) is 10.2. The van der Waals surface area contributed by atoms with Crippen molar-refractivity contribution in [3.05, 3.63) is 23.6 Å². The van der Waals surface area contributed by atoms with Crippen LogP contribution in [0.25, 0.3) is 0 Å². The first kappa shape index (κ1) is 13.5. The van der Waals surface area contributed by atoms with E-state index in [-0.39, 0.29) is 4.91 Å². The fourth-order valence-corrected chi connectivity index (χ4v) is 0.603. The Morgan fingerprint density at radius 2 is 2.00 bits per heavy atom. The normalized spacial score (nSPS) is 10.3. The van der Waals surface area contributed by atoms with Crippen molar-refractivity contribution in [3.63, 3.8) is 0 Å². The molecule has 0 unspecified atom stereocenters. The van der Waals surface area contributed by atoms with Crippen molar-refractivity contribution in [2.45, 2.75) is 13.3 Å². The van der Waals surface area contributed by atoms with E-state index in [0.29, 0.717) is 6.42 Å². The minimum atomic E-state index is -4.06. The smallest absolute Gasteiger partial charge is 0.282 e. The molecular formula is C8H12O3S. The van der Waals surface area contributed by atoms with Crippen LogP contribution in [-0.4, -0.2) is 13.0 Å². The fourth-order valence-electron chi connectivity index (χ4n) is 0.335. The van der Waals surface area contributed by atoms with Gasteiger partial charge in [-0.15, -0.1) is 12.8 Å². The summed E-state index contributed by atoms with van der Waals surface area (Å²) in [4.78, 5) is -0.269. The van der Waals surface area contributed by atoms with Gasteiger partial charge in [-0.05, 0) is 12.5 Å². The first-order valence-electron chi connectivity index (χ1n) is 3.14. The lowest BCUT2D eigenvalue weighted by Gasteiger charge is -1.90. The monoisotopic (exact) mass is 188 g/mol. The van der Waals surface area contributed by atoms with Gasteiger partial charge in [0.25, 0.3) is 10.1 Å². The van der Waals surface area contributed by atoms with E-state index in [1.807, 2.05) is 6.92 Å². The van der Waals surface area contributed by atoms with Gasteiger partial charge in [-0.1, -0.05) is 19.6 Å². The second-order valence-electron chi connectivity index (χ2n) is 1.75. The summed E-state index contributed by atoms with van der Waals surface area (Å²) in [5.41, 5.74) is 0. The molecule has 0 aromatic heterocycles. The van der Waals surface area contributed by atoms with E-state index in [1.54, 1.807) is 6.08 Å². The van der Waals surface area contributed by atoms with Gasteiger partial charge >= 0.3 is 0 Å². The lowest BCUT2D eigenvalue weighted by Crippen LogP contribution is -1.96. The van der Waals surface area contributed by atoms with Gasteiger partial charge in [0.15, 0.2) is 0 Å². The first-order chi connectivity index (χ1) is 5.48. The summed E-state index contributed by atoms with van der Waals surface area (Å²) < 4.78 is 28.8. The third-order valence-corrected chi connectivity index (χ3v) is 1.67. The van der Waals surface area contributed by atoms with E-state index < -0.39 is 10.1 Å². The van der Waals surface area contributed by atoms with Crippen LogP contribution < -0.4 is 0 Å². The summed E-state index contributed by atoms with van der Waals surface area (Å²) in [7, 11) is -4.06. The number of terminal acetylenes is 1. The molecular weight excluding hydrogens is 176 g/mol. The molecule has 1 N–H and O–H groups in total. The largest absolute Gasteiger partial charge is 0.293 e. The van der Waals surface area contributed by atoms with E-state index in [4.69, 9.17) is 4.55 Å². The molecule has 0 radical (unpaired) electrons. The maximum Gasteiger partial charge on any atom is 0.293 e. The third kappa shape index (κ3) is 7.06. The van der Waals surface area contributed by atoms with E-state index in [9.17, 15) is 8.42 Å². The molecule has 0 aromatic carbocycles. The molecule has 0 aromatic rings. The van der Waals surface area contributed by atoms with Crippen molar-refractivity contribution in [2.75, 3.05) is 0 Å². The summed E-state index contributed by atoms with van der Waals surface area (Å²) >= 11 is 0. The lowest BCUT2D eigenvalue weighted by molar-refractivity contribution is 0.492. The molecule has 68 valence electrons. The number of hydrogen-bond acceptors (Lipinski definition) is 2. The van der Waals surface area contributed by atoms with Crippen LogP contribution in [0.1, 0.15) is 13.3 Å². The molecule has 0 bridgehead atoms. The van der Waals surface area contributed by atoms with E-state index >= 15 is 0 Å². The topological polar surface area (TPSA) is 54.4 Å². The van der Waals surface area contributed by atoms with E-state index in [0.717, 1.165) is 0 Å². The Kier molecular flexibility index (Phi) is 7.50. The first-order valence-corrected chi connectivity index (χ1v) is 4.58. The van der Waals surface area contributed by atoms with Crippen molar-refractivity contribution in [1.29, 1.82) is 0 Å². The molecule has 12 heavy (non-hydrogen) atoms. The number of hydrogen-bond donors (Lipinski definition) is 1. The van der Waals surface area contributed by atoms with Gasteiger partial charge in [0.05, 0.1) is 4.91 Å². The lowest BCUT2D eigenvalue weighted by atomic mass is 10.4. The van der Waals surface area contributed by atoms with Crippen LogP contribution >= 0.6 is 0 Å². The maximum atomic E-state index is 10.2. The van der Waals surface area contributed by atoms with Crippen LogP contribution in [0, 0.1) is 12.8 Å². The van der Waals surface area contributed by atoms with Gasteiger partial charge in [-0.2, -0.15) is 8.42 Å². The van der Waals surface area contributed by atoms with Crippen molar-refractivity contribution in [3.8, 4) is 12.8 Å². The Morgan fingerprint density at radius 1 is 1.58 bits per heavy atom. The van der Waals surface area contributed by atoms with Crippen molar-refractivity contribution in [1.82, 2.24) is 0 Å². The summed E-state index contributed by atoms with van der Waals surface area (Å²) in [6.45, 7) is 4.99. The zero-order valence-corrected chi connectivity index (χ0v) is 7.71. The Hall–Kier alpha value is -1.05. The Balaban J connectivity index is 0. The van der Waals surface area contributed by atoms with Crippen LogP contribution in [-0.2, 0) is 10.1 Å². The van der Waals surface area contributed by atoms with Gasteiger partial charge in [0.2, 0.25) is 0 Å². The Labute approximate surface area is 73.5 Å². The summed E-state index contributed by atoms with van der Waals surface area (Å²) in [5, 5.41) is 0. The van der Waals surface area contributed by atoms with Crippen molar-refractivity contribution >= 4 is 10.1 Å². The van der Waals surface area contributed by atoms with Gasteiger partial charge < -0.3 is 0 Å². The van der Waals surface area contributed by atoms with E-state index in [2.05, 4.69) is 19.4 Å². The zero-order valence-electron chi connectivity index (χ0n) is 6.90. The summed E-state index contributed by atoms with van der Waals surface area (Å²) in [6.07, 6.45) is 11.6. The standard InChI is InChI=1S/C6H10O3S.C2H2/c1-3-4-5-6(2)10(7,8)9;1-2/h4-5H,2-3H2,1H3,(H,7,8,9);1-2H/b5-4-;. The van der Waals surface area contributed by atoms with Gasteiger partial charge in [0.1, 0.15) is 0 Å². The quantitative estimate of drug-likeness (QED) is 0.416. The summed E-state index contributed by atoms with van der Waals surface area (Å²) in [5.74, 6) is 0. The molecule has 3 nitrogen and oxygen atoms in total. The fraction of sp³-hybridized carbons (Fsp3) is 0.250. The molecule has 0 fully saturated rings. The molecule has 0 aliphatic rings. The molecule has 0 rings (SSSR count). The minimum Gasteiger partial charge on any atom is -0.282 e. The molecule has 0 aliphatic heterocycles. The molecule has 0 amide bonds. The van der Waals surface area contributed by atoms with Crippen molar-refractivity contribution < 1.29 is 13.0 Å². The molecule has 0 saturated carbocycles. The molecule has 0 heterocycles. The molecule has 0 aliphatic carbocycles. The SMILES string of the molecule is C#C.C=C(/C=C\CC)S(=O)(=O)O. The highest BCUT2D eigenvalue weighted by Crippen LogP contribution is 2.01. The second kappa shape index (κ2) is 6.65. The Bertz CT molecular complexity index is 270. The highest BCUT2D eigenvalue weighted by Gasteiger charge is 2.05. The average molecular weight is 188 g/mol. The van der Waals surface area contributed by atoms with Crippen LogP contribution in [0.3, 0.4) is 0 Å². The van der Waals surface area contributed by atoms with Crippen LogP contribution in [0.15, 0.2) is 23.6 Å². The predicted molar refractivity (Wildman–Crippen MR) is 50.0 cm³/mol. The van der Waals surface area contributed by atoms with Crippen LogP contribution in [0.4, 0.5) is 0 Å². The van der Waals surface area contributed by atoms with Gasteiger partial charge in [-0.3, -0.25) is 4.55 Å². The minimum absolute atomic E-state index is 0.269. The predicted octanol–water partition coefficient (Wildman–Crippen LogP) is 1.60. The van der Waals surface area contributed by atoms with E-state index in [1.165, 1.54) is 6.08 Å². The molecule has 0 atom stereocenters. The molecule has 0 spiro atoms. The van der Waals surface area contributed by atoms with Gasteiger partial charge in [-0.25, -0.2) is 0 Å². The maximum absolute atomic E-state index is 10.2. The van der Waals surface area contributed by atoms with Crippen LogP contribution in [0.5, 0.6) is 0 Å². The highest BCUT2D eigenvalue weighted by molar-refractivity contribution is 7.90. The van der Waals surface area contributed by atoms with Crippen LogP contribution in [0.2, 0.25) is 0 Å². The summed E-state index contributed by atoms with van der Waals surface area (Å²) in [6, 6.07) is 0. The Morgan fingerprint density at radius 3 is 2.25 bits per heavy atom. The molecule has 4 heteroatoms. The highest BCUT2D eigenvalue weighted by atomic mass is 32.2. The molecule has 0 saturated heterocycles. The number of rotatable bonds is 3. The average Bonchev–Trinajstić information content (AvgIpc) is 2.02. The van der Waals surface area contributed by atoms with Crippen molar-refractivity contribution in [2.24, 2.45) is 0 Å². The number of allylic oxidation sites excluding steroid dienone is 2. The third-order valence-electron chi connectivity index (χ3n) is 0.871.